The number of hydrogen-bond donors (Lipinski definition) is 3. The highest BCUT2D eigenvalue weighted by atomic mass is 32.1. The largest absolute Gasteiger partial charge is 0.481 e. The summed E-state index contributed by atoms with van der Waals surface area (Å²) in [6.07, 6.45) is 4.41. The highest BCUT2D eigenvalue weighted by Crippen LogP contribution is 2.46. The summed E-state index contributed by atoms with van der Waals surface area (Å²) in [6.45, 7) is 9.54. The molecule has 3 N–H and O–H groups in total. The van der Waals surface area contributed by atoms with Crippen molar-refractivity contribution >= 4 is 34.1 Å². The number of benzene rings is 1. The van der Waals surface area contributed by atoms with E-state index in [2.05, 4.69) is 34.4 Å². The van der Waals surface area contributed by atoms with Gasteiger partial charge < -0.3 is 30.3 Å². The number of carbonyl (C=O) groups excluding carboxylic acids is 2. The minimum Gasteiger partial charge on any atom is -0.481 e. The number of carboxylic acid groups (broad SMARTS) is 1. The quantitative estimate of drug-likeness (QED) is 0.390. The molecule has 0 radical (unpaired) electrons. The Balaban J connectivity index is 0.000000906. The number of hydrogen-bond acceptors (Lipinski definition) is 9. The molecule has 234 valence electrons. The highest BCUT2D eigenvalue weighted by Gasteiger charge is 2.37. The predicted octanol–water partition coefficient (Wildman–Crippen LogP) is 3.69. The number of piperidine rings is 1. The lowest BCUT2D eigenvalue weighted by Gasteiger charge is -2.32. The smallest absolute Gasteiger partial charge is 0.300 e. The molecule has 44 heavy (non-hydrogen) atoms. The topological polar surface area (TPSA) is 137 Å². The number of aliphatic carboxylic acids is 1. The zero-order valence-electron chi connectivity index (χ0n) is 25.7. The van der Waals surface area contributed by atoms with Crippen molar-refractivity contribution in [2.75, 3.05) is 51.3 Å². The molecule has 0 spiro atoms. The third kappa shape index (κ3) is 7.09. The summed E-state index contributed by atoms with van der Waals surface area (Å²) in [5.74, 6) is -0.257. The average Bonchev–Trinajstić information content (AvgIpc) is 3.40. The molecule has 6 rings (SSSR count). The van der Waals surface area contributed by atoms with E-state index >= 15 is 0 Å². The Morgan fingerprint density at radius 2 is 1.84 bits per heavy atom. The van der Waals surface area contributed by atoms with Gasteiger partial charge in [0.05, 0.1) is 23.8 Å². The predicted molar refractivity (Wildman–Crippen MR) is 170 cm³/mol. The third-order valence-electron chi connectivity index (χ3n) is 8.03. The van der Waals surface area contributed by atoms with Crippen LogP contribution in [0.5, 0.6) is 0 Å². The molecule has 1 aromatic carbocycles. The van der Waals surface area contributed by atoms with Crippen molar-refractivity contribution in [1.82, 2.24) is 25.5 Å². The lowest BCUT2D eigenvalue weighted by atomic mass is 9.88. The minimum atomic E-state index is -0.833. The van der Waals surface area contributed by atoms with E-state index in [9.17, 15) is 9.59 Å². The fourth-order valence-electron chi connectivity index (χ4n) is 5.89. The number of nitrogens with one attached hydrogen (secondary N) is 2. The number of likely N-dealkylation sites (tertiary alicyclic amines) is 1. The minimum absolute atomic E-state index is 0.0312. The fraction of sp³-hybridized carbons (Fsp3) is 0.469. The Morgan fingerprint density at radius 3 is 2.52 bits per heavy atom. The second kappa shape index (κ2) is 13.4. The Morgan fingerprint density at radius 1 is 1.14 bits per heavy atom. The van der Waals surface area contributed by atoms with Crippen molar-refractivity contribution in [2.45, 2.75) is 51.6 Å². The second-order valence-corrected chi connectivity index (χ2v) is 12.9. The summed E-state index contributed by atoms with van der Waals surface area (Å²) in [4.78, 5) is 50.1. The van der Waals surface area contributed by atoms with Gasteiger partial charge in [-0.05, 0) is 63.9 Å². The summed E-state index contributed by atoms with van der Waals surface area (Å²) in [6, 6.07) is 10.0. The van der Waals surface area contributed by atoms with Gasteiger partial charge in [0, 0.05) is 67.6 Å². The summed E-state index contributed by atoms with van der Waals surface area (Å²) in [5.41, 5.74) is 3.93. The van der Waals surface area contributed by atoms with Gasteiger partial charge in [-0.3, -0.25) is 14.4 Å². The van der Waals surface area contributed by atoms with E-state index < -0.39 is 5.97 Å². The molecule has 11 nitrogen and oxygen atoms in total. The molecule has 0 atom stereocenters. The number of amides is 2. The summed E-state index contributed by atoms with van der Waals surface area (Å²) < 4.78 is 5.61. The Hall–Kier alpha value is -3.87. The highest BCUT2D eigenvalue weighted by molar-refractivity contribution is 7.19. The van der Waals surface area contributed by atoms with Crippen LogP contribution in [0, 0.1) is 0 Å². The van der Waals surface area contributed by atoms with E-state index in [1.165, 1.54) is 0 Å². The summed E-state index contributed by atoms with van der Waals surface area (Å²) >= 11 is 1.54. The maximum Gasteiger partial charge on any atom is 0.300 e. The molecule has 0 saturated carbocycles. The molecule has 0 aliphatic carbocycles. The van der Waals surface area contributed by atoms with Gasteiger partial charge in [-0.1, -0.05) is 12.1 Å². The summed E-state index contributed by atoms with van der Waals surface area (Å²) in [7, 11) is 1.98. The van der Waals surface area contributed by atoms with Crippen LogP contribution in [0.15, 0.2) is 36.5 Å². The maximum absolute atomic E-state index is 13.3. The van der Waals surface area contributed by atoms with Gasteiger partial charge in [-0.15, -0.1) is 11.3 Å². The van der Waals surface area contributed by atoms with E-state index in [1.807, 2.05) is 42.3 Å². The Labute approximate surface area is 261 Å². The molecule has 0 unspecified atom stereocenters. The van der Waals surface area contributed by atoms with Crippen LogP contribution in [0.4, 0.5) is 5.00 Å². The molecule has 2 aromatic heterocycles. The molecule has 3 aliphatic rings. The third-order valence-corrected chi connectivity index (χ3v) is 9.33. The number of nitrogens with zero attached hydrogens (tertiary/aromatic N) is 4. The first-order chi connectivity index (χ1) is 21.1. The van der Waals surface area contributed by atoms with Crippen LogP contribution in [0.25, 0.3) is 22.6 Å². The van der Waals surface area contributed by atoms with Gasteiger partial charge in [0.25, 0.3) is 17.8 Å². The number of fused-ring (bicyclic) bond motifs is 1. The second-order valence-electron chi connectivity index (χ2n) is 11.9. The van der Waals surface area contributed by atoms with E-state index in [1.54, 1.807) is 17.5 Å². The number of anilines is 1. The van der Waals surface area contributed by atoms with E-state index in [4.69, 9.17) is 19.6 Å². The molecule has 2 fully saturated rings. The van der Waals surface area contributed by atoms with E-state index in [0.29, 0.717) is 30.6 Å². The molecule has 2 amide bonds. The number of ether oxygens (including phenoxy) is 1. The first kappa shape index (κ1) is 31.6. The number of aromatic nitrogens is 2. The lowest BCUT2D eigenvalue weighted by molar-refractivity contribution is -0.134. The van der Waals surface area contributed by atoms with Crippen molar-refractivity contribution in [3.8, 4) is 22.6 Å². The first-order valence-corrected chi connectivity index (χ1v) is 15.8. The van der Waals surface area contributed by atoms with Crippen molar-refractivity contribution in [3.05, 3.63) is 52.5 Å². The van der Waals surface area contributed by atoms with Gasteiger partial charge in [-0.2, -0.15) is 0 Å². The molecule has 3 aromatic rings. The standard InChI is InChI=1S/C30H36N6O3S.C2H4O2/c1-30(2)18-22-24(29(36-13-15-39-16-14-36)40-25(22)27(37)34-30)23-7-10-32-26(33-23)19-5-4-6-20(17-19)28(38)35-11-8-21(31-3)9-12-35;1-2(3)4/h4-7,10,17,21,31H,8-9,11-16,18H2,1-3H3,(H,34,37);1H3,(H,3,4). The van der Waals surface area contributed by atoms with Crippen molar-refractivity contribution < 1.29 is 24.2 Å². The van der Waals surface area contributed by atoms with Crippen LogP contribution in [0.3, 0.4) is 0 Å². The number of carboxylic acids is 1. The lowest BCUT2D eigenvalue weighted by Crippen LogP contribution is -2.48. The molecule has 5 heterocycles. The van der Waals surface area contributed by atoms with Crippen LogP contribution >= 0.6 is 11.3 Å². The van der Waals surface area contributed by atoms with Crippen LogP contribution < -0.4 is 15.5 Å². The Kier molecular flexibility index (Phi) is 9.62. The number of morpholine rings is 1. The van der Waals surface area contributed by atoms with Crippen LogP contribution in [-0.4, -0.2) is 95.8 Å². The van der Waals surface area contributed by atoms with Crippen molar-refractivity contribution in [2.24, 2.45) is 0 Å². The van der Waals surface area contributed by atoms with Crippen LogP contribution in [0.2, 0.25) is 0 Å². The molecular formula is C32H40N6O5S. The maximum atomic E-state index is 13.3. The van der Waals surface area contributed by atoms with Gasteiger partial charge >= 0.3 is 0 Å². The molecule has 3 aliphatic heterocycles. The zero-order chi connectivity index (χ0) is 31.4. The number of carbonyl (C=O) groups is 3. The zero-order valence-corrected chi connectivity index (χ0v) is 26.5. The molecule has 0 bridgehead atoms. The van der Waals surface area contributed by atoms with Gasteiger partial charge in [0.1, 0.15) is 5.00 Å². The average molecular weight is 621 g/mol. The van der Waals surface area contributed by atoms with Crippen molar-refractivity contribution in [3.63, 3.8) is 0 Å². The van der Waals surface area contributed by atoms with Gasteiger partial charge in [-0.25, -0.2) is 9.97 Å². The van der Waals surface area contributed by atoms with Crippen LogP contribution in [-0.2, 0) is 16.0 Å². The molecule has 12 heteroatoms. The number of thiophene rings is 1. The van der Waals surface area contributed by atoms with Gasteiger partial charge in [0.2, 0.25) is 0 Å². The SMILES string of the molecule is CC(=O)O.CNC1CCN(C(=O)c2cccc(-c3nccc(-c4c(N5CCOCC5)sc5c4CC(C)(C)NC5=O)n3)c2)CC1. The molecule has 2 saturated heterocycles. The number of rotatable bonds is 5. The van der Waals surface area contributed by atoms with E-state index in [0.717, 1.165) is 84.6 Å². The summed E-state index contributed by atoms with van der Waals surface area (Å²) in [5, 5.41) is 14.9. The monoisotopic (exact) mass is 620 g/mol. The first-order valence-electron chi connectivity index (χ1n) is 15.0. The van der Waals surface area contributed by atoms with Crippen LogP contribution in [0.1, 0.15) is 59.2 Å². The molecular weight excluding hydrogens is 580 g/mol. The Bertz CT molecular complexity index is 1520. The van der Waals surface area contributed by atoms with Gasteiger partial charge in [0.15, 0.2) is 5.82 Å². The van der Waals surface area contributed by atoms with Crippen molar-refractivity contribution in [1.29, 1.82) is 0 Å². The van der Waals surface area contributed by atoms with E-state index in [-0.39, 0.29) is 17.4 Å². The normalized spacial score (nSPS) is 18.1. The fourth-order valence-corrected chi connectivity index (χ4v) is 7.17.